The van der Waals surface area contributed by atoms with E-state index < -0.39 is 0 Å². The average Bonchev–Trinajstić information content (AvgIpc) is 3.47. The number of benzene rings is 2. The number of aromatic amines is 2. The number of anilines is 2. The van der Waals surface area contributed by atoms with Gasteiger partial charge in [0.25, 0.3) is 0 Å². The number of carbonyl (C=O) groups is 2. The van der Waals surface area contributed by atoms with E-state index >= 15 is 0 Å². The normalized spacial score (nSPS) is 10.6. The summed E-state index contributed by atoms with van der Waals surface area (Å²) in [6.45, 7) is 3.45. The Balaban J connectivity index is 1.44. The number of H-pyrrole nitrogens is 2. The van der Waals surface area contributed by atoms with Gasteiger partial charge in [0.2, 0.25) is 17.7 Å². The third-order valence-corrected chi connectivity index (χ3v) is 5.36. The molecule has 0 aliphatic heterocycles. The molecule has 0 unspecified atom stereocenters. The summed E-state index contributed by atoms with van der Waals surface area (Å²) in [5.41, 5.74) is 4.91. The van der Waals surface area contributed by atoms with E-state index in [0.717, 1.165) is 22.0 Å². The van der Waals surface area contributed by atoms with Crippen LogP contribution in [0.1, 0.15) is 6.42 Å². The molecule has 0 aliphatic rings. The molecule has 176 valence electrons. The van der Waals surface area contributed by atoms with Gasteiger partial charge < -0.3 is 25.3 Å². The van der Waals surface area contributed by atoms with Gasteiger partial charge >= 0.3 is 0 Å². The fourth-order valence-electron chi connectivity index (χ4n) is 3.78. The minimum atomic E-state index is -0.364. The third kappa shape index (κ3) is 4.49. The van der Waals surface area contributed by atoms with Gasteiger partial charge in [-0.25, -0.2) is 9.97 Å². The van der Waals surface area contributed by atoms with Crippen LogP contribution in [0.5, 0.6) is 11.6 Å². The molecule has 0 atom stereocenters. The van der Waals surface area contributed by atoms with Crippen LogP contribution in [-0.2, 0) is 9.59 Å². The van der Waals surface area contributed by atoms with Gasteiger partial charge in [-0.3, -0.25) is 9.59 Å². The number of nitrogens with one attached hydrogen (secondary N) is 4. The summed E-state index contributed by atoms with van der Waals surface area (Å²) in [6, 6.07) is 14.2. The van der Waals surface area contributed by atoms with Gasteiger partial charge in [0.05, 0.1) is 12.3 Å². The Labute approximate surface area is 204 Å². The highest BCUT2D eigenvalue weighted by atomic mass is 16.5. The second kappa shape index (κ2) is 9.44. The lowest BCUT2D eigenvalue weighted by molar-refractivity contribution is -0.115. The summed E-state index contributed by atoms with van der Waals surface area (Å²) in [7, 11) is 0. The molecule has 0 spiro atoms. The molecular formula is C26H19N7O3. The highest BCUT2D eigenvalue weighted by molar-refractivity contribution is 6.04. The van der Waals surface area contributed by atoms with Gasteiger partial charge in [0.15, 0.2) is 5.65 Å². The van der Waals surface area contributed by atoms with Crippen LogP contribution in [0.2, 0.25) is 0 Å². The van der Waals surface area contributed by atoms with Gasteiger partial charge in [-0.1, -0.05) is 18.7 Å². The number of nitriles is 1. The highest BCUT2D eigenvalue weighted by Crippen LogP contribution is 2.35. The van der Waals surface area contributed by atoms with E-state index in [9.17, 15) is 9.59 Å². The van der Waals surface area contributed by atoms with Gasteiger partial charge in [-0.05, 0) is 30.3 Å². The first kappa shape index (κ1) is 22.4. The summed E-state index contributed by atoms with van der Waals surface area (Å²) in [4.78, 5) is 38.7. The molecule has 5 rings (SSSR count). The van der Waals surface area contributed by atoms with Crippen molar-refractivity contribution < 1.29 is 14.3 Å². The van der Waals surface area contributed by atoms with Crippen LogP contribution in [0.25, 0.3) is 33.2 Å². The summed E-state index contributed by atoms with van der Waals surface area (Å²) in [6.07, 6.45) is 6.18. The summed E-state index contributed by atoms with van der Waals surface area (Å²) in [5.74, 6) is 0.0935. The maximum atomic E-state index is 11.7. The van der Waals surface area contributed by atoms with Crippen LogP contribution in [0, 0.1) is 11.3 Å². The van der Waals surface area contributed by atoms with Crippen molar-refractivity contribution in [2.75, 3.05) is 10.6 Å². The molecule has 3 heterocycles. The van der Waals surface area contributed by atoms with E-state index in [4.69, 9.17) is 10.00 Å². The van der Waals surface area contributed by atoms with Crippen molar-refractivity contribution in [2.45, 2.75) is 6.42 Å². The SMILES string of the molecule is C=CC(=O)Nc1cccc(Oc2cnc3[nH]cc(-c4c[nH]c5cc(NC(=O)CC#N)ccc45)c3n2)c1. The molecule has 0 saturated carbocycles. The fourth-order valence-corrected chi connectivity index (χ4v) is 3.78. The van der Waals surface area contributed by atoms with Gasteiger partial charge in [0, 0.05) is 51.9 Å². The van der Waals surface area contributed by atoms with Crippen LogP contribution in [0.4, 0.5) is 11.4 Å². The van der Waals surface area contributed by atoms with Crippen molar-refractivity contribution >= 4 is 45.3 Å². The first-order valence-corrected chi connectivity index (χ1v) is 10.9. The number of hydrogen-bond donors (Lipinski definition) is 4. The van der Waals surface area contributed by atoms with Crippen LogP contribution >= 0.6 is 0 Å². The number of rotatable bonds is 7. The first-order chi connectivity index (χ1) is 17.5. The van der Waals surface area contributed by atoms with Crippen LogP contribution in [0.15, 0.2) is 73.7 Å². The summed E-state index contributed by atoms with van der Waals surface area (Å²) in [5, 5.41) is 15.0. The van der Waals surface area contributed by atoms with E-state index in [1.807, 2.05) is 24.5 Å². The Hall–Kier alpha value is -5.43. The fraction of sp³-hybridized carbons (Fsp3) is 0.0385. The minimum absolute atomic E-state index is 0.208. The van der Waals surface area contributed by atoms with Gasteiger partial charge in [-0.15, -0.1) is 0 Å². The molecule has 0 fully saturated rings. The smallest absolute Gasteiger partial charge is 0.247 e. The van der Waals surface area contributed by atoms with Crippen LogP contribution in [-0.4, -0.2) is 31.8 Å². The van der Waals surface area contributed by atoms with Crippen molar-refractivity contribution in [1.29, 1.82) is 5.26 Å². The molecular weight excluding hydrogens is 458 g/mol. The average molecular weight is 477 g/mol. The van der Waals surface area contributed by atoms with Crippen molar-refractivity contribution in [2.24, 2.45) is 0 Å². The lowest BCUT2D eigenvalue weighted by Crippen LogP contribution is -2.09. The Morgan fingerprint density at radius 3 is 2.75 bits per heavy atom. The largest absolute Gasteiger partial charge is 0.437 e. The monoisotopic (exact) mass is 477 g/mol. The molecule has 5 aromatic rings. The van der Waals surface area contributed by atoms with Gasteiger partial charge in [0.1, 0.15) is 17.7 Å². The molecule has 0 radical (unpaired) electrons. The molecule has 2 aromatic carbocycles. The number of carbonyl (C=O) groups excluding carboxylic acids is 2. The van der Waals surface area contributed by atoms with Crippen molar-refractivity contribution in [1.82, 2.24) is 19.9 Å². The maximum absolute atomic E-state index is 11.7. The molecule has 10 heteroatoms. The molecule has 0 bridgehead atoms. The number of nitrogens with zero attached hydrogens (tertiary/aromatic N) is 3. The molecule has 36 heavy (non-hydrogen) atoms. The predicted molar refractivity (Wildman–Crippen MR) is 135 cm³/mol. The number of fused-ring (bicyclic) bond motifs is 2. The molecule has 4 N–H and O–H groups in total. The maximum Gasteiger partial charge on any atom is 0.247 e. The second-order valence-electron chi connectivity index (χ2n) is 7.78. The van der Waals surface area contributed by atoms with E-state index in [2.05, 4.69) is 37.1 Å². The van der Waals surface area contributed by atoms with E-state index in [1.165, 1.54) is 12.3 Å². The Morgan fingerprint density at radius 1 is 1.08 bits per heavy atom. The zero-order chi connectivity index (χ0) is 25.1. The molecule has 10 nitrogen and oxygen atoms in total. The van der Waals surface area contributed by atoms with Crippen LogP contribution < -0.4 is 15.4 Å². The zero-order valence-corrected chi connectivity index (χ0v) is 18.8. The Morgan fingerprint density at radius 2 is 1.92 bits per heavy atom. The van der Waals surface area contributed by atoms with E-state index in [0.29, 0.717) is 28.3 Å². The van der Waals surface area contributed by atoms with Crippen molar-refractivity contribution in [3.8, 4) is 28.8 Å². The zero-order valence-electron chi connectivity index (χ0n) is 18.8. The second-order valence-corrected chi connectivity index (χ2v) is 7.78. The van der Waals surface area contributed by atoms with Crippen molar-refractivity contribution in [3.05, 3.63) is 73.7 Å². The Kier molecular flexibility index (Phi) is 5.86. The molecule has 3 aromatic heterocycles. The molecule has 0 saturated heterocycles. The van der Waals surface area contributed by atoms with Gasteiger partial charge in [-0.2, -0.15) is 5.26 Å². The lowest BCUT2D eigenvalue weighted by Gasteiger charge is -2.07. The third-order valence-electron chi connectivity index (χ3n) is 5.36. The minimum Gasteiger partial charge on any atom is -0.437 e. The number of hydrogen-bond acceptors (Lipinski definition) is 6. The highest BCUT2D eigenvalue weighted by Gasteiger charge is 2.15. The van der Waals surface area contributed by atoms with Crippen molar-refractivity contribution in [3.63, 3.8) is 0 Å². The topological polar surface area (TPSA) is 149 Å². The number of amides is 2. The Bertz CT molecular complexity index is 1680. The van der Waals surface area contributed by atoms with E-state index in [1.54, 1.807) is 36.4 Å². The van der Waals surface area contributed by atoms with E-state index in [-0.39, 0.29) is 24.1 Å². The quantitative estimate of drug-likeness (QED) is 0.246. The first-order valence-electron chi connectivity index (χ1n) is 10.9. The summed E-state index contributed by atoms with van der Waals surface area (Å²) < 4.78 is 5.91. The lowest BCUT2D eigenvalue weighted by atomic mass is 10.1. The predicted octanol–water partition coefficient (Wildman–Crippen LogP) is 4.88. The van der Waals surface area contributed by atoms with Crippen LogP contribution in [0.3, 0.4) is 0 Å². The number of aromatic nitrogens is 4. The number of ether oxygens (including phenoxy) is 1. The summed E-state index contributed by atoms with van der Waals surface area (Å²) >= 11 is 0. The standard InChI is InChI=1S/C26H19N7O3/c1-2-22(34)31-15-4-3-5-17(10-15)36-24-14-30-26-25(33-24)20(13-29-26)19-12-28-21-11-16(6-7-18(19)21)32-23(35)8-9-27/h2-7,10-14,28H,1,8H2,(H,29,30)(H,31,34)(H,32,35). The molecule has 2 amide bonds. The molecule has 0 aliphatic carbocycles.